The summed E-state index contributed by atoms with van der Waals surface area (Å²) in [5.41, 5.74) is 2.57. The molecule has 1 atom stereocenters. The van der Waals surface area contributed by atoms with E-state index in [2.05, 4.69) is 12.1 Å². The van der Waals surface area contributed by atoms with E-state index < -0.39 is 11.5 Å². The third-order valence-corrected chi connectivity index (χ3v) is 4.47. The number of nitrogens with zero attached hydrogens (tertiary/aromatic N) is 1. The molecule has 19 heavy (non-hydrogen) atoms. The topological polar surface area (TPSA) is 44.0 Å². The average Bonchev–Trinajstić information content (AvgIpc) is 2.67. The number of rotatable bonds is 2. The Hall–Kier alpha value is -1.33. The molecule has 0 amide bonds. The molecule has 2 rings (SSSR count). The van der Waals surface area contributed by atoms with E-state index >= 15 is 0 Å². The molecule has 1 saturated carbocycles. The molecule has 1 unspecified atom stereocenters. The van der Waals surface area contributed by atoms with E-state index in [1.54, 1.807) is 0 Å². The van der Waals surface area contributed by atoms with Crippen molar-refractivity contribution in [3.05, 3.63) is 34.9 Å². The first-order chi connectivity index (χ1) is 9.09. The van der Waals surface area contributed by atoms with E-state index in [-0.39, 0.29) is 0 Å². The monoisotopic (exact) mass is 257 g/mol. The van der Waals surface area contributed by atoms with E-state index in [0.717, 1.165) is 42.4 Å². The maximum atomic E-state index is 10.8. The number of nitriles is 1. The van der Waals surface area contributed by atoms with Gasteiger partial charge < -0.3 is 5.11 Å². The molecule has 0 aromatic heterocycles. The number of aryl methyl sites for hydroxylation is 2. The van der Waals surface area contributed by atoms with Crippen molar-refractivity contribution in [3.63, 3.8) is 0 Å². The van der Waals surface area contributed by atoms with Crippen LogP contribution in [0.3, 0.4) is 0 Å². The normalized spacial score (nSPS) is 20.3. The van der Waals surface area contributed by atoms with Crippen LogP contribution in [0.1, 0.15) is 61.3 Å². The van der Waals surface area contributed by atoms with Crippen molar-refractivity contribution in [1.29, 1.82) is 5.26 Å². The van der Waals surface area contributed by atoms with Crippen LogP contribution < -0.4 is 0 Å². The molecule has 0 spiro atoms. The summed E-state index contributed by atoms with van der Waals surface area (Å²) in [6.45, 7) is 4.04. The summed E-state index contributed by atoms with van der Waals surface area (Å²) in [6, 6.07) is 8.57. The lowest BCUT2D eigenvalue weighted by atomic mass is 9.73. The molecule has 1 aliphatic rings. The number of aliphatic hydroxyl groups excluding tert-OH is 1. The molecule has 0 heterocycles. The predicted molar refractivity (Wildman–Crippen MR) is 76.6 cm³/mol. The van der Waals surface area contributed by atoms with Crippen LogP contribution in [0.15, 0.2) is 18.2 Å². The van der Waals surface area contributed by atoms with E-state index in [9.17, 15) is 10.4 Å². The predicted octanol–water partition coefficient (Wildman–Crippen LogP) is 4.20. The SMILES string of the molecule is Cc1ccc(C)c(C(O)C2(C#N)CCCCCC2)c1. The second-order valence-corrected chi connectivity index (χ2v) is 5.94. The Bertz CT molecular complexity index is 479. The maximum Gasteiger partial charge on any atom is 0.0978 e. The number of benzene rings is 1. The second-order valence-electron chi connectivity index (χ2n) is 5.94. The number of hydrogen-bond donors (Lipinski definition) is 1. The highest BCUT2D eigenvalue weighted by Crippen LogP contribution is 2.45. The van der Waals surface area contributed by atoms with Crippen molar-refractivity contribution in [2.45, 2.75) is 58.5 Å². The van der Waals surface area contributed by atoms with E-state index in [0.29, 0.717) is 0 Å². The first kappa shape index (κ1) is 14.1. The second kappa shape index (κ2) is 5.75. The van der Waals surface area contributed by atoms with Crippen LogP contribution in [0.4, 0.5) is 0 Å². The zero-order valence-electron chi connectivity index (χ0n) is 11.9. The van der Waals surface area contributed by atoms with Gasteiger partial charge >= 0.3 is 0 Å². The van der Waals surface area contributed by atoms with Gasteiger partial charge in [-0.15, -0.1) is 0 Å². The zero-order chi connectivity index (χ0) is 13.9. The Labute approximate surface area is 116 Å². The summed E-state index contributed by atoms with van der Waals surface area (Å²) >= 11 is 0. The average molecular weight is 257 g/mol. The van der Waals surface area contributed by atoms with Crippen molar-refractivity contribution < 1.29 is 5.11 Å². The summed E-state index contributed by atoms with van der Waals surface area (Å²) in [7, 11) is 0. The Kier molecular flexibility index (Phi) is 4.27. The molecule has 2 nitrogen and oxygen atoms in total. The van der Waals surface area contributed by atoms with Crippen LogP contribution >= 0.6 is 0 Å². The fourth-order valence-electron chi connectivity index (χ4n) is 3.16. The highest BCUT2D eigenvalue weighted by molar-refractivity contribution is 5.34. The zero-order valence-corrected chi connectivity index (χ0v) is 11.9. The lowest BCUT2D eigenvalue weighted by molar-refractivity contribution is 0.0511. The van der Waals surface area contributed by atoms with Crippen molar-refractivity contribution in [2.75, 3.05) is 0 Å². The van der Waals surface area contributed by atoms with Crippen LogP contribution in [0.5, 0.6) is 0 Å². The van der Waals surface area contributed by atoms with Crippen LogP contribution in [-0.4, -0.2) is 5.11 Å². The Balaban J connectivity index is 2.37. The van der Waals surface area contributed by atoms with Crippen LogP contribution in [-0.2, 0) is 0 Å². The van der Waals surface area contributed by atoms with Crippen molar-refractivity contribution in [1.82, 2.24) is 0 Å². The molecule has 2 heteroatoms. The summed E-state index contributed by atoms with van der Waals surface area (Å²) in [5, 5.41) is 20.5. The molecule has 0 aliphatic heterocycles. The van der Waals surface area contributed by atoms with Crippen molar-refractivity contribution >= 4 is 0 Å². The van der Waals surface area contributed by atoms with Crippen LogP contribution in [0, 0.1) is 30.6 Å². The third kappa shape index (κ3) is 2.82. The first-order valence-electron chi connectivity index (χ1n) is 7.25. The first-order valence-corrected chi connectivity index (χ1v) is 7.25. The molecule has 1 aromatic rings. The largest absolute Gasteiger partial charge is 0.387 e. The Morgan fingerprint density at radius 1 is 1.16 bits per heavy atom. The van der Waals surface area contributed by atoms with Crippen molar-refractivity contribution in [2.24, 2.45) is 5.41 Å². The van der Waals surface area contributed by atoms with Crippen LogP contribution in [0.25, 0.3) is 0 Å². The van der Waals surface area contributed by atoms with Gasteiger partial charge in [0, 0.05) is 0 Å². The minimum Gasteiger partial charge on any atom is -0.387 e. The molecule has 1 N–H and O–H groups in total. The smallest absolute Gasteiger partial charge is 0.0978 e. The summed E-state index contributed by atoms with van der Waals surface area (Å²) in [4.78, 5) is 0. The highest BCUT2D eigenvalue weighted by Gasteiger charge is 2.39. The lowest BCUT2D eigenvalue weighted by Gasteiger charge is -2.32. The summed E-state index contributed by atoms with van der Waals surface area (Å²) < 4.78 is 0. The van der Waals surface area contributed by atoms with Crippen LogP contribution in [0.2, 0.25) is 0 Å². The fourth-order valence-corrected chi connectivity index (χ4v) is 3.16. The van der Waals surface area contributed by atoms with Gasteiger partial charge in [-0.1, -0.05) is 49.4 Å². The molecular weight excluding hydrogens is 234 g/mol. The van der Waals surface area contributed by atoms with Gasteiger partial charge in [0.15, 0.2) is 0 Å². The van der Waals surface area contributed by atoms with Gasteiger partial charge in [-0.3, -0.25) is 0 Å². The van der Waals surface area contributed by atoms with E-state index in [1.165, 1.54) is 12.8 Å². The molecule has 1 aromatic carbocycles. The molecule has 0 radical (unpaired) electrons. The molecule has 0 bridgehead atoms. The van der Waals surface area contributed by atoms with Gasteiger partial charge in [0.05, 0.1) is 17.6 Å². The van der Waals surface area contributed by atoms with Gasteiger partial charge in [0.2, 0.25) is 0 Å². The Morgan fingerprint density at radius 3 is 2.37 bits per heavy atom. The minimum absolute atomic E-state index is 0.588. The number of hydrogen-bond acceptors (Lipinski definition) is 2. The van der Waals surface area contributed by atoms with E-state index in [4.69, 9.17) is 0 Å². The molecule has 1 aliphatic carbocycles. The highest BCUT2D eigenvalue weighted by atomic mass is 16.3. The minimum atomic E-state index is -0.657. The number of aliphatic hydroxyl groups is 1. The van der Waals surface area contributed by atoms with E-state index in [1.807, 2.05) is 26.0 Å². The third-order valence-electron chi connectivity index (χ3n) is 4.47. The van der Waals surface area contributed by atoms with Crippen molar-refractivity contribution in [3.8, 4) is 6.07 Å². The Morgan fingerprint density at radius 2 is 1.79 bits per heavy atom. The standard InChI is InChI=1S/C17H23NO/c1-13-7-8-14(2)15(11-13)16(19)17(12-18)9-5-3-4-6-10-17/h7-8,11,16,19H,3-6,9-10H2,1-2H3. The van der Waals surface area contributed by atoms with Gasteiger partial charge in [0.25, 0.3) is 0 Å². The lowest BCUT2D eigenvalue weighted by Crippen LogP contribution is -2.27. The van der Waals surface area contributed by atoms with Gasteiger partial charge in [-0.2, -0.15) is 5.26 Å². The molecular formula is C17H23NO. The van der Waals surface area contributed by atoms with Gasteiger partial charge in [0.1, 0.15) is 0 Å². The quantitative estimate of drug-likeness (QED) is 0.807. The maximum absolute atomic E-state index is 10.8. The molecule has 102 valence electrons. The summed E-state index contributed by atoms with van der Waals surface area (Å²) in [6.07, 6.45) is 5.45. The fraction of sp³-hybridized carbons (Fsp3) is 0.588. The van der Waals surface area contributed by atoms with Gasteiger partial charge in [-0.05, 0) is 37.8 Å². The summed E-state index contributed by atoms with van der Waals surface area (Å²) in [5.74, 6) is 0. The molecule has 1 fully saturated rings. The molecule has 0 saturated heterocycles. The van der Waals surface area contributed by atoms with Gasteiger partial charge in [-0.25, -0.2) is 0 Å².